The van der Waals surface area contributed by atoms with Crippen molar-refractivity contribution in [1.82, 2.24) is 5.32 Å². The zero-order valence-electron chi connectivity index (χ0n) is 10.2. The van der Waals surface area contributed by atoms with E-state index in [1.54, 1.807) is 0 Å². The molecule has 0 fully saturated rings. The van der Waals surface area contributed by atoms with Gasteiger partial charge in [-0.15, -0.1) is 0 Å². The third kappa shape index (κ3) is 4.94. The standard InChI is InChI=1S/C11H27N3/c1-5-11(4,7-13)9-14-8-10(2,3)6-12/h14H,5-9,12-13H2,1-4H3. The molecule has 14 heavy (non-hydrogen) atoms. The summed E-state index contributed by atoms with van der Waals surface area (Å²) in [6, 6.07) is 0. The lowest BCUT2D eigenvalue weighted by atomic mass is 9.87. The number of hydrogen-bond acceptors (Lipinski definition) is 3. The average Bonchev–Trinajstić information content (AvgIpc) is 2.17. The molecule has 0 radical (unpaired) electrons. The van der Waals surface area contributed by atoms with E-state index >= 15 is 0 Å². The summed E-state index contributed by atoms with van der Waals surface area (Å²) in [5.41, 5.74) is 11.8. The summed E-state index contributed by atoms with van der Waals surface area (Å²) < 4.78 is 0. The van der Waals surface area contributed by atoms with Crippen molar-refractivity contribution < 1.29 is 0 Å². The Hall–Kier alpha value is -0.120. The van der Waals surface area contributed by atoms with E-state index in [0.29, 0.717) is 6.54 Å². The van der Waals surface area contributed by atoms with Crippen LogP contribution < -0.4 is 16.8 Å². The van der Waals surface area contributed by atoms with Crippen LogP contribution in [0.2, 0.25) is 0 Å². The van der Waals surface area contributed by atoms with Crippen molar-refractivity contribution in [3.63, 3.8) is 0 Å². The van der Waals surface area contributed by atoms with Crippen LogP contribution in [0.1, 0.15) is 34.1 Å². The van der Waals surface area contributed by atoms with E-state index in [-0.39, 0.29) is 10.8 Å². The lowest BCUT2D eigenvalue weighted by Crippen LogP contribution is -2.42. The average molecular weight is 201 g/mol. The minimum atomic E-state index is 0.184. The first kappa shape index (κ1) is 13.9. The molecule has 0 aliphatic carbocycles. The highest BCUT2D eigenvalue weighted by Crippen LogP contribution is 2.18. The minimum absolute atomic E-state index is 0.184. The number of rotatable bonds is 7. The summed E-state index contributed by atoms with van der Waals surface area (Å²) in [5, 5.41) is 3.46. The van der Waals surface area contributed by atoms with Crippen molar-refractivity contribution in [3.05, 3.63) is 0 Å². The van der Waals surface area contributed by atoms with Crippen LogP contribution in [0, 0.1) is 10.8 Å². The molecule has 3 nitrogen and oxygen atoms in total. The third-order valence-electron chi connectivity index (χ3n) is 3.05. The molecule has 0 aromatic heterocycles. The highest BCUT2D eigenvalue weighted by molar-refractivity contribution is 4.79. The molecule has 0 amide bonds. The third-order valence-corrected chi connectivity index (χ3v) is 3.05. The van der Waals surface area contributed by atoms with E-state index in [1.165, 1.54) is 0 Å². The van der Waals surface area contributed by atoms with E-state index in [4.69, 9.17) is 11.5 Å². The van der Waals surface area contributed by atoms with Crippen molar-refractivity contribution in [1.29, 1.82) is 0 Å². The van der Waals surface area contributed by atoms with Gasteiger partial charge in [-0.2, -0.15) is 0 Å². The van der Waals surface area contributed by atoms with Gasteiger partial charge in [-0.1, -0.05) is 27.7 Å². The fourth-order valence-corrected chi connectivity index (χ4v) is 1.12. The summed E-state index contributed by atoms with van der Waals surface area (Å²) in [5.74, 6) is 0. The van der Waals surface area contributed by atoms with Crippen LogP contribution in [0.4, 0.5) is 0 Å². The van der Waals surface area contributed by atoms with Crippen molar-refractivity contribution in [2.24, 2.45) is 22.3 Å². The molecule has 86 valence electrons. The maximum atomic E-state index is 5.74. The second-order valence-corrected chi connectivity index (χ2v) is 5.34. The number of nitrogens with two attached hydrogens (primary N) is 2. The molecule has 0 bridgehead atoms. The quantitative estimate of drug-likeness (QED) is 0.574. The van der Waals surface area contributed by atoms with Crippen molar-refractivity contribution in [3.8, 4) is 0 Å². The second-order valence-electron chi connectivity index (χ2n) is 5.34. The molecular weight excluding hydrogens is 174 g/mol. The molecule has 1 atom stereocenters. The van der Waals surface area contributed by atoms with Crippen molar-refractivity contribution in [2.45, 2.75) is 34.1 Å². The van der Waals surface area contributed by atoms with Crippen LogP contribution in [0.5, 0.6) is 0 Å². The van der Waals surface area contributed by atoms with Gasteiger partial charge in [0.25, 0.3) is 0 Å². The van der Waals surface area contributed by atoms with Crippen LogP contribution in [0.25, 0.3) is 0 Å². The van der Waals surface area contributed by atoms with Crippen LogP contribution in [0.3, 0.4) is 0 Å². The Bertz CT molecular complexity index is 151. The predicted molar refractivity (Wildman–Crippen MR) is 63.2 cm³/mol. The number of hydrogen-bond donors (Lipinski definition) is 3. The maximum absolute atomic E-state index is 5.74. The van der Waals surface area contributed by atoms with Crippen molar-refractivity contribution in [2.75, 3.05) is 26.2 Å². The topological polar surface area (TPSA) is 64.1 Å². The fraction of sp³-hybridized carbons (Fsp3) is 1.00. The monoisotopic (exact) mass is 201 g/mol. The highest BCUT2D eigenvalue weighted by atomic mass is 14.9. The first-order chi connectivity index (χ1) is 6.39. The van der Waals surface area contributed by atoms with Gasteiger partial charge in [0.15, 0.2) is 0 Å². The van der Waals surface area contributed by atoms with E-state index in [2.05, 4.69) is 33.0 Å². The fourth-order valence-electron chi connectivity index (χ4n) is 1.12. The van der Waals surface area contributed by atoms with Crippen LogP contribution >= 0.6 is 0 Å². The van der Waals surface area contributed by atoms with Gasteiger partial charge in [0.05, 0.1) is 0 Å². The van der Waals surface area contributed by atoms with E-state index in [0.717, 1.165) is 26.1 Å². The predicted octanol–water partition coefficient (Wildman–Crippen LogP) is 0.936. The zero-order chi connectivity index (χ0) is 11.2. The first-order valence-electron chi connectivity index (χ1n) is 5.50. The smallest absolute Gasteiger partial charge is 0.00174 e. The molecule has 1 unspecified atom stereocenters. The zero-order valence-corrected chi connectivity index (χ0v) is 10.2. The van der Waals surface area contributed by atoms with Crippen LogP contribution in [-0.2, 0) is 0 Å². The molecule has 3 heteroatoms. The Morgan fingerprint density at radius 3 is 1.93 bits per heavy atom. The molecule has 0 aliphatic heterocycles. The van der Waals surface area contributed by atoms with Crippen molar-refractivity contribution >= 4 is 0 Å². The van der Waals surface area contributed by atoms with Gasteiger partial charge in [-0.05, 0) is 30.3 Å². The Balaban J connectivity index is 3.83. The molecule has 0 saturated heterocycles. The lowest BCUT2D eigenvalue weighted by molar-refractivity contribution is 0.270. The summed E-state index contributed by atoms with van der Waals surface area (Å²) in [4.78, 5) is 0. The largest absolute Gasteiger partial charge is 0.330 e. The minimum Gasteiger partial charge on any atom is -0.330 e. The van der Waals surface area contributed by atoms with Gasteiger partial charge in [0.1, 0.15) is 0 Å². The maximum Gasteiger partial charge on any atom is 0.00174 e. The molecule has 5 N–H and O–H groups in total. The van der Waals surface area contributed by atoms with Gasteiger partial charge in [-0.3, -0.25) is 0 Å². The lowest BCUT2D eigenvalue weighted by Gasteiger charge is -2.30. The normalized spacial score (nSPS) is 16.7. The summed E-state index contributed by atoms with van der Waals surface area (Å²) in [6.45, 7) is 12.1. The Kier molecular flexibility index (Phi) is 5.64. The molecule has 0 aromatic carbocycles. The van der Waals surface area contributed by atoms with Crippen LogP contribution in [0.15, 0.2) is 0 Å². The van der Waals surface area contributed by atoms with Gasteiger partial charge in [0, 0.05) is 13.1 Å². The molecule has 0 aromatic rings. The van der Waals surface area contributed by atoms with Gasteiger partial charge < -0.3 is 16.8 Å². The Morgan fingerprint density at radius 2 is 1.57 bits per heavy atom. The molecular formula is C11H27N3. The van der Waals surface area contributed by atoms with Gasteiger partial charge >= 0.3 is 0 Å². The molecule has 0 saturated carbocycles. The number of nitrogens with one attached hydrogen (secondary N) is 1. The Labute approximate surface area is 88.6 Å². The van der Waals surface area contributed by atoms with E-state index < -0.39 is 0 Å². The van der Waals surface area contributed by atoms with Gasteiger partial charge in [0.2, 0.25) is 0 Å². The highest BCUT2D eigenvalue weighted by Gasteiger charge is 2.21. The van der Waals surface area contributed by atoms with E-state index in [9.17, 15) is 0 Å². The summed E-state index contributed by atoms with van der Waals surface area (Å²) in [7, 11) is 0. The molecule has 0 spiro atoms. The molecule has 0 rings (SSSR count). The van der Waals surface area contributed by atoms with E-state index in [1.807, 2.05) is 0 Å². The summed E-state index contributed by atoms with van der Waals surface area (Å²) in [6.07, 6.45) is 1.11. The first-order valence-corrected chi connectivity index (χ1v) is 5.50. The molecule has 0 aliphatic rings. The van der Waals surface area contributed by atoms with Crippen LogP contribution in [-0.4, -0.2) is 26.2 Å². The summed E-state index contributed by atoms with van der Waals surface area (Å²) >= 11 is 0. The van der Waals surface area contributed by atoms with Gasteiger partial charge in [-0.25, -0.2) is 0 Å². The molecule has 0 heterocycles. The Morgan fingerprint density at radius 1 is 1.00 bits per heavy atom. The SMILES string of the molecule is CCC(C)(CN)CNCC(C)(C)CN. The second kappa shape index (κ2) is 5.69.